The number of hydrogen-bond acceptors (Lipinski definition) is 2. The number of ether oxygens (including phenoxy) is 1. The molecule has 0 spiro atoms. The lowest BCUT2D eigenvalue weighted by atomic mass is 10.1. The van der Waals surface area contributed by atoms with E-state index in [-0.39, 0.29) is 6.61 Å². The van der Waals surface area contributed by atoms with Crippen LogP contribution in [0.4, 0.5) is 13.2 Å². The predicted octanol–water partition coefficient (Wildman–Crippen LogP) is 0.665. The molecule has 10 heavy (non-hydrogen) atoms. The smallest absolute Gasteiger partial charge is 0.367 e. The highest BCUT2D eigenvalue weighted by Crippen LogP contribution is 2.29. The molecule has 0 aromatic heterocycles. The van der Waals surface area contributed by atoms with Crippen LogP contribution in [0.5, 0.6) is 0 Å². The van der Waals surface area contributed by atoms with Gasteiger partial charge < -0.3 is 10.5 Å². The summed E-state index contributed by atoms with van der Waals surface area (Å²) in [5, 5.41) is 0. The summed E-state index contributed by atoms with van der Waals surface area (Å²) < 4.78 is 39.8. The Kier molecular flexibility index (Phi) is 1.87. The molecule has 2 atom stereocenters. The highest BCUT2D eigenvalue weighted by molar-refractivity contribution is 4.84. The van der Waals surface area contributed by atoms with Crippen molar-refractivity contribution in [2.75, 3.05) is 6.61 Å². The fourth-order valence-electron chi connectivity index (χ4n) is 0.943. The molecule has 2 nitrogen and oxygen atoms in total. The Balaban J connectivity index is 2.55. The summed E-state index contributed by atoms with van der Waals surface area (Å²) >= 11 is 0. The Morgan fingerprint density at radius 3 is 2.20 bits per heavy atom. The van der Waals surface area contributed by atoms with Crippen molar-refractivity contribution in [3.63, 3.8) is 0 Å². The van der Waals surface area contributed by atoms with Crippen LogP contribution in [0.2, 0.25) is 0 Å². The van der Waals surface area contributed by atoms with Crippen LogP contribution in [-0.2, 0) is 4.74 Å². The molecule has 1 rings (SSSR count). The Hall–Kier alpha value is -0.290. The number of alkyl halides is 3. The van der Waals surface area contributed by atoms with Crippen molar-refractivity contribution < 1.29 is 17.9 Å². The standard InChI is InChI=1S/C5H8F3NO/c6-5(7,8)4-3(9)1-2-10-4/h3-4H,1-2,9H2/t3-,4+/m1/s1. The van der Waals surface area contributed by atoms with Gasteiger partial charge in [-0.1, -0.05) is 0 Å². The molecule has 0 amide bonds. The van der Waals surface area contributed by atoms with Gasteiger partial charge in [0.2, 0.25) is 0 Å². The van der Waals surface area contributed by atoms with Gasteiger partial charge in [-0.05, 0) is 6.42 Å². The molecule has 1 heterocycles. The Labute approximate surface area is 56.1 Å². The molecule has 60 valence electrons. The topological polar surface area (TPSA) is 35.2 Å². The highest BCUT2D eigenvalue weighted by atomic mass is 19.4. The van der Waals surface area contributed by atoms with Crippen molar-refractivity contribution >= 4 is 0 Å². The van der Waals surface area contributed by atoms with E-state index in [0.717, 1.165) is 0 Å². The molecule has 1 aliphatic heterocycles. The first-order valence-corrected chi connectivity index (χ1v) is 2.95. The molecule has 1 fully saturated rings. The Morgan fingerprint density at radius 2 is 2.00 bits per heavy atom. The molecule has 0 saturated carbocycles. The molecule has 0 aliphatic carbocycles. The SMILES string of the molecule is N[C@@H]1CCO[C@@H]1C(F)(F)F. The summed E-state index contributed by atoms with van der Waals surface area (Å²) in [6.45, 7) is 0.116. The van der Waals surface area contributed by atoms with E-state index in [9.17, 15) is 13.2 Å². The van der Waals surface area contributed by atoms with E-state index in [1.807, 2.05) is 0 Å². The molecular formula is C5H8F3NO. The number of rotatable bonds is 0. The maximum Gasteiger partial charge on any atom is 0.416 e. The van der Waals surface area contributed by atoms with Crippen molar-refractivity contribution in [2.45, 2.75) is 24.7 Å². The first-order valence-electron chi connectivity index (χ1n) is 2.95. The van der Waals surface area contributed by atoms with Gasteiger partial charge >= 0.3 is 6.18 Å². The summed E-state index contributed by atoms with van der Waals surface area (Å²) in [6.07, 6.45) is -5.74. The zero-order valence-corrected chi connectivity index (χ0v) is 5.19. The maximum atomic E-state index is 11.8. The summed E-state index contributed by atoms with van der Waals surface area (Å²) in [7, 11) is 0. The van der Waals surface area contributed by atoms with Gasteiger partial charge in [0, 0.05) is 12.6 Å². The number of halogens is 3. The molecular weight excluding hydrogens is 147 g/mol. The Morgan fingerprint density at radius 1 is 1.40 bits per heavy atom. The van der Waals surface area contributed by atoms with Gasteiger partial charge in [-0.3, -0.25) is 0 Å². The first-order chi connectivity index (χ1) is 4.52. The minimum absolute atomic E-state index is 0.116. The monoisotopic (exact) mass is 155 g/mol. The van der Waals surface area contributed by atoms with E-state index in [4.69, 9.17) is 5.73 Å². The second-order valence-corrected chi connectivity index (χ2v) is 2.29. The number of nitrogens with two attached hydrogens (primary N) is 1. The lowest BCUT2D eigenvalue weighted by Crippen LogP contribution is -2.41. The van der Waals surface area contributed by atoms with Gasteiger partial charge in [0.15, 0.2) is 6.10 Å². The van der Waals surface area contributed by atoms with Crippen LogP contribution in [0, 0.1) is 0 Å². The average molecular weight is 155 g/mol. The maximum absolute atomic E-state index is 11.8. The van der Waals surface area contributed by atoms with Crippen LogP contribution in [0.1, 0.15) is 6.42 Å². The highest BCUT2D eigenvalue weighted by Gasteiger charge is 2.47. The largest absolute Gasteiger partial charge is 0.416 e. The molecule has 0 aromatic rings. The number of hydrogen-bond donors (Lipinski definition) is 1. The molecule has 2 N–H and O–H groups in total. The molecule has 1 saturated heterocycles. The van der Waals surface area contributed by atoms with Gasteiger partial charge in [0.05, 0.1) is 0 Å². The molecule has 1 aliphatic rings. The second-order valence-electron chi connectivity index (χ2n) is 2.29. The lowest BCUT2D eigenvalue weighted by Gasteiger charge is -2.17. The van der Waals surface area contributed by atoms with E-state index in [0.29, 0.717) is 6.42 Å². The third kappa shape index (κ3) is 1.41. The lowest BCUT2D eigenvalue weighted by molar-refractivity contribution is -0.209. The van der Waals surface area contributed by atoms with Crippen LogP contribution in [0.15, 0.2) is 0 Å². The summed E-state index contributed by atoms with van der Waals surface area (Å²) in [5.41, 5.74) is 5.12. The Bertz CT molecular complexity index is 125. The van der Waals surface area contributed by atoms with Gasteiger partial charge in [0.1, 0.15) is 0 Å². The van der Waals surface area contributed by atoms with Crippen molar-refractivity contribution in [2.24, 2.45) is 5.73 Å². The first kappa shape index (κ1) is 7.81. The van der Waals surface area contributed by atoms with Crippen molar-refractivity contribution in [3.05, 3.63) is 0 Å². The zero-order chi connectivity index (χ0) is 7.78. The van der Waals surface area contributed by atoms with Crippen molar-refractivity contribution in [1.82, 2.24) is 0 Å². The van der Waals surface area contributed by atoms with Crippen LogP contribution in [0.3, 0.4) is 0 Å². The molecule has 5 heteroatoms. The third-order valence-electron chi connectivity index (χ3n) is 1.46. The molecule has 0 unspecified atom stereocenters. The van der Waals surface area contributed by atoms with Crippen LogP contribution in [0.25, 0.3) is 0 Å². The van der Waals surface area contributed by atoms with Gasteiger partial charge in [-0.15, -0.1) is 0 Å². The van der Waals surface area contributed by atoms with E-state index >= 15 is 0 Å². The second kappa shape index (κ2) is 2.39. The predicted molar refractivity (Wildman–Crippen MR) is 28.4 cm³/mol. The van der Waals surface area contributed by atoms with Crippen LogP contribution in [-0.4, -0.2) is 24.9 Å². The van der Waals surface area contributed by atoms with E-state index in [1.54, 1.807) is 0 Å². The van der Waals surface area contributed by atoms with Gasteiger partial charge in [-0.25, -0.2) is 0 Å². The summed E-state index contributed by atoms with van der Waals surface area (Å²) in [5.74, 6) is 0. The van der Waals surface area contributed by atoms with Crippen molar-refractivity contribution in [1.29, 1.82) is 0 Å². The third-order valence-corrected chi connectivity index (χ3v) is 1.46. The molecule has 0 radical (unpaired) electrons. The van der Waals surface area contributed by atoms with E-state index in [1.165, 1.54) is 0 Å². The summed E-state index contributed by atoms with van der Waals surface area (Å²) in [4.78, 5) is 0. The average Bonchev–Trinajstić information content (AvgIpc) is 2.11. The normalized spacial score (nSPS) is 34.8. The fourth-order valence-corrected chi connectivity index (χ4v) is 0.943. The van der Waals surface area contributed by atoms with Gasteiger partial charge in [-0.2, -0.15) is 13.2 Å². The zero-order valence-electron chi connectivity index (χ0n) is 5.19. The van der Waals surface area contributed by atoms with Crippen LogP contribution >= 0.6 is 0 Å². The van der Waals surface area contributed by atoms with Crippen molar-refractivity contribution in [3.8, 4) is 0 Å². The van der Waals surface area contributed by atoms with Crippen LogP contribution < -0.4 is 5.73 Å². The minimum atomic E-state index is -4.30. The quantitative estimate of drug-likeness (QED) is 0.557. The molecule has 0 aromatic carbocycles. The minimum Gasteiger partial charge on any atom is -0.367 e. The van der Waals surface area contributed by atoms with E-state index < -0.39 is 18.3 Å². The fraction of sp³-hybridized carbons (Fsp3) is 1.00. The molecule has 0 bridgehead atoms. The van der Waals surface area contributed by atoms with Gasteiger partial charge in [0.25, 0.3) is 0 Å². The van der Waals surface area contributed by atoms with E-state index in [2.05, 4.69) is 4.74 Å². The summed E-state index contributed by atoms with van der Waals surface area (Å²) in [6, 6.07) is -0.875.